The van der Waals surface area contributed by atoms with Gasteiger partial charge in [0.2, 0.25) is 0 Å². The van der Waals surface area contributed by atoms with Gasteiger partial charge in [-0.05, 0) is 36.9 Å². The highest BCUT2D eigenvalue weighted by atomic mass is 35.5. The van der Waals surface area contributed by atoms with Crippen LogP contribution < -0.4 is 0 Å². The van der Waals surface area contributed by atoms with Crippen molar-refractivity contribution in [3.8, 4) is 5.69 Å². The van der Waals surface area contributed by atoms with Crippen molar-refractivity contribution in [3.63, 3.8) is 0 Å². The maximum absolute atomic E-state index is 6.03. The number of para-hydroxylation sites is 1. The number of halogens is 1. The largest absolute Gasteiger partial charge is 0.298 e. The van der Waals surface area contributed by atoms with Crippen LogP contribution in [-0.2, 0) is 13.1 Å². The van der Waals surface area contributed by atoms with E-state index in [9.17, 15) is 0 Å². The van der Waals surface area contributed by atoms with Gasteiger partial charge in [-0.15, -0.1) is 0 Å². The fourth-order valence-corrected chi connectivity index (χ4v) is 2.69. The molecule has 112 valence electrons. The summed E-state index contributed by atoms with van der Waals surface area (Å²) in [6.07, 6.45) is 3.99. The molecule has 2 aromatic carbocycles. The van der Waals surface area contributed by atoms with E-state index in [1.807, 2.05) is 59.4 Å². The minimum atomic E-state index is 0.780. The van der Waals surface area contributed by atoms with Gasteiger partial charge in [-0.2, -0.15) is 5.10 Å². The molecule has 3 rings (SSSR count). The minimum Gasteiger partial charge on any atom is -0.298 e. The van der Waals surface area contributed by atoms with E-state index in [0.717, 1.165) is 23.8 Å². The quantitative estimate of drug-likeness (QED) is 0.705. The van der Waals surface area contributed by atoms with E-state index in [0.29, 0.717) is 0 Å². The lowest BCUT2D eigenvalue weighted by atomic mass is 10.2. The topological polar surface area (TPSA) is 21.1 Å². The zero-order valence-electron chi connectivity index (χ0n) is 12.5. The van der Waals surface area contributed by atoms with Gasteiger partial charge in [0, 0.05) is 29.9 Å². The van der Waals surface area contributed by atoms with Crippen LogP contribution in [0.1, 0.15) is 11.1 Å². The third-order valence-corrected chi connectivity index (χ3v) is 3.69. The number of benzene rings is 2. The van der Waals surface area contributed by atoms with Crippen LogP contribution >= 0.6 is 11.6 Å². The standard InChI is InChI=1S/C18H18ClN3/c1-21(12-15-6-5-7-17(19)10-15)13-16-11-20-22(14-16)18-8-3-2-4-9-18/h2-11,14H,12-13H2,1H3. The van der Waals surface area contributed by atoms with Crippen molar-refractivity contribution in [2.45, 2.75) is 13.1 Å². The Labute approximate surface area is 135 Å². The molecule has 0 unspecified atom stereocenters. The fourth-order valence-electron chi connectivity index (χ4n) is 2.48. The van der Waals surface area contributed by atoms with Gasteiger partial charge in [0.05, 0.1) is 11.9 Å². The van der Waals surface area contributed by atoms with E-state index in [2.05, 4.69) is 29.3 Å². The molecule has 1 heterocycles. The lowest BCUT2D eigenvalue weighted by Crippen LogP contribution is -2.16. The molecule has 0 N–H and O–H groups in total. The van der Waals surface area contributed by atoms with Crippen LogP contribution in [0.2, 0.25) is 5.02 Å². The first-order valence-corrected chi connectivity index (χ1v) is 7.60. The van der Waals surface area contributed by atoms with E-state index in [1.165, 1.54) is 11.1 Å². The molecule has 0 spiro atoms. The molecule has 0 bridgehead atoms. The first kappa shape index (κ1) is 14.8. The first-order valence-electron chi connectivity index (χ1n) is 7.23. The Balaban J connectivity index is 1.65. The zero-order valence-corrected chi connectivity index (χ0v) is 13.2. The minimum absolute atomic E-state index is 0.780. The summed E-state index contributed by atoms with van der Waals surface area (Å²) < 4.78 is 1.91. The molecule has 0 aliphatic heterocycles. The number of nitrogens with zero attached hydrogens (tertiary/aromatic N) is 3. The number of aromatic nitrogens is 2. The molecule has 4 heteroatoms. The van der Waals surface area contributed by atoms with Crippen LogP contribution in [0.15, 0.2) is 67.0 Å². The monoisotopic (exact) mass is 311 g/mol. The third-order valence-electron chi connectivity index (χ3n) is 3.45. The van der Waals surface area contributed by atoms with Crippen LogP contribution in [0.3, 0.4) is 0 Å². The summed E-state index contributed by atoms with van der Waals surface area (Å²) in [6, 6.07) is 18.1. The Bertz CT molecular complexity index is 737. The maximum Gasteiger partial charge on any atom is 0.0645 e. The normalized spacial score (nSPS) is 11.0. The lowest BCUT2D eigenvalue weighted by molar-refractivity contribution is 0.319. The van der Waals surface area contributed by atoms with Crippen molar-refractivity contribution in [1.29, 1.82) is 0 Å². The van der Waals surface area contributed by atoms with Crippen molar-refractivity contribution >= 4 is 11.6 Å². The van der Waals surface area contributed by atoms with Crippen LogP contribution in [0.5, 0.6) is 0 Å². The third kappa shape index (κ3) is 3.75. The second-order valence-electron chi connectivity index (χ2n) is 5.43. The van der Waals surface area contributed by atoms with Gasteiger partial charge in [-0.3, -0.25) is 4.90 Å². The Morgan fingerprint density at radius 1 is 1.00 bits per heavy atom. The van der Waals surface area contributed by atoms with Gasteiger partial charge >= 0.3 is 0 Å². The van der Waals surface area contributed by atoms with Crippen LogP contribution in [0.25, 0.3) is 5.69 Å². The van der Waals surface area contributed by atoms with Gasteiger partial charge in [-0.1, -0.05) is 41.9 Å². The molecular weight excluding hydrogens is 294 g/mol. The second-order valence-corrected chi connectivity index (χ2v) is 5.87. The summed E-state index contributed by atoms with van der Waals surface area (Å²) in [6.45, 7) is 1.70. The Kier molecular flexibility index (Phi) is 4.56. The van der Waals surface area contributed by atoms with Gasteiger partial charge < -0.3 is 0 Å². The highest BCUT2D eigenvalue weighted by Gasteiger charge is 2.05. The number of rotatable bonds is 5. The first-order chi connectivity index (χ1) is 10.7. The summed E-state index contributed by atoms with van der Waals surface area (Å²) in [5, 5.41) is 5.21. The predicted octanol–water partition coefficient (Wildman–Crippen LogP) is 4.16. The highest BCUT2D eigenvalue weighted by molar-refractivity contribution is 6.30. The number of hydrogen-bond donors (Lipinski definition) is 0. The van der Waals surface area contributed by atoms with Gasteiger partial charge in [-0.25, -0.2) is 4.68 Å². The molecule has 0 amide bonds. The fraction of sp³-hybridized carbons (Fsp3) is 0.167. The summed E-state index contributed by atoms with van der Waals surface area (Å²) in [5.41, 5.74) is 3.48. The molecule has 0 saturated carbocycles. The molecule has 3 aromatic rings. The lowest BCUT2D eigenvalue weighted by Gasteiger charge is -2.15. The molecular formula is C18H18ClN3. The Morgan fingerprint density at radius 3 is 2.55 bits per heavy atom. The van der Waals surface area contributed by atoms with Gasteiger partial charge in [0.25, 0.3) is 0 Å². The van der Waals surface area contributed by atoms with Crippen LogP contribution in [-0.4, -0.2) is 21.7 Å². The molecule has 0 aliphatic rings. The second kappa shape index (κ2) is 6.77. The molecule has 0 saturated heterocycles. The SMILES string of the molecule is CN(Cc1cccc(Cl)c1)Cc1cnn(-c2ccccc2)c1. The Hall–Kier alpha value is -2.10. The van der Waals surface area contributed by atoms with Crippen LogP contribution in [0.4, 0.5) is 0 Å². The number of hydrogen-bond acceptors (Lipinski definition) is 2. The van der Waals surface area contributed by atoms with Crippen molar-refractivity contribution in [2.75, 3.05) is 7.05 Å². The van der Waals surface area contributed by atoms with E-state index in [-0.39, 0.29) is 0 Å². The molecule has 0 aliphatic carbocycles. The molecule has 0 atom stereocenters. The van der Waals surface area contributed by atoms with E-state index in [4.69, 9.17) is 11.6 Å². The van der Waals surface area contributed by atoms with Gasteiger partial charge in [0.15, 0.2) is 0 Å². The summed E-state index contributed by atoms with van der Waals surface area (Å²) >= 11 is 6.03. The van der Waals surface area contributed by atoms with Crippen molar-refractivity contribution in [1.82, 2.24) is 14.7 Å². The average molecular weight is 312 g/mol. The van der Waals surface area contributed by atoms with Gasteiger partial charge in [0.1, 0.15) is 0 Å². The summed E-state index contributed by atoms with van der Waals surface area (Å²) in [4.78, 5) is 2.25. The molecule has 1 aromatic heterocycles. The summed E-state index contributed by atoms with van der Waals surface area (Å²) in [7, 11) is 2.10. The Morgan fingerprint density at radius 2 is 1.77 bits per heavy atom. The van der Waals surface area contributed by atoms with E-state index < -0.39 is 0 Å². The van der Waals surface area contributed by atoms with Crippen LogP contribution in [0, 0.1) is 0 Å². The molecule has 22 heavy (non-hydrogen) atoms. The molecule has 0 fully saturated rings. The maximum atomic E-state index is 6.03. The van der Waals surface area contributed by atoms with Crippen molar-refractivity contribution in [3.05, 3.63) is 83.1 Å². The average Bonchev–Trinajstić information content (AvgIpc) is 2.96. The predicted molar refractivity (Wildman–Crippen MR) is 90.2 cm³/mol. The van der Waals surface area contributed by atoms with E-state index >= 15 is 0 Å². The highest BCUT2D eigenvalue weighted by Crippen LogP contribution is 2.14. The smallest absolute Gasteiger partial charge is 0.0645 e. The molecule has 3 nitrogen and oxygen atoms in total. The van der Waals surface area contributed by atoms with Crippen molar-refractivity contribution in [2.24, 2.45) is 0 Å². The van der Waals surface area contributed by atoms with E-state index in [1.54, 1.807) is 0 Å². The molecule has 0 radical (unpaired) electrons. The zero-order chi connectivity index (χ0) is 15.4. The van der Waals surface area contributed by atoms with Crippen molar-refractivity contribution < 1.29 is 0 Å². The summed E-state index contributed by atoms with van der Waals surface area (Å²) in [5.74, 6) is 0.